The van der Waals surface area contributed by atoms with Crippen LogP contribution in [0.4, 0.5) is 0 Å². The van der Waals surface area contributed by atoms with Gasteiger partial charge in [0.1, 0.15) is 0 Å². The Labute approximate surface area is 112 Å². The molecule has 0 N–H and O–H groups in total. The molecule has 18 heavy (non-hydrogen) atoms. The van der Waals surface area contributed by atoms with Gasteiger partial charge in [-0.15, -0.1) is 11.3 Å². The summed E-state index contributed by atoms with van der Waals surface area (Å²) in [5.74, 6) is 0.593. The van der Waals surface area contributed by atoms with E-state index in [0.29, 0.717) is 12.0 Å². The Kier molecular flexibility index (Phi) is 2.52. The lowest BCUT2D eigenvalue weighted by molar-refractivity contribution is 0.233. The molecule has 3 heterocycles. The second-order valence-electron chi connectivity index (χ2n) is 5.36. The fraction of sp³-hybridized carbons (Fsp3) is 0.375. The van der Waals surface area contributed by atoms with E-state index in [1.54, 1.807) is 10.4 Å². The fourth-order valence-corrected chi connectivity index (χ4v) is 4.62. The molecule has 1 aromatic heterocycles. The first-order valence-electron chi connectivity index (χ1n) is 6.80. The predicted molar refractivity (Wildman–Crippen MR) is 76.2 cm³/mol. The molecule has 1 fully saturated rings. The minimum absolute atomic E-state index is 0.593. The number of hydrogen-bond donors (Lipinski definition) is 0. The summed E-state index contributed by atoms with van der Waals surface area (Å²) in [6.07, 6.45) is 2.71. The van der Waals surface area contributed by atoms with Crippen LogP contribution < -0.4 is 0 Å². The summed E-state index contributed by atoms with van der Waals surface area (Å²) in [7, 11) is 0. The molecular weight excluding hydrogens is 238 g/mol. The summed E-state index contributed by atoms with van der Waals surface area (Å²) in [6, 6.07) is 14.1. The van der Waals surface area contributed by atoms with Gasteiger partial charge in [-0.1, -0.05) is 30.3 Å². The molecule has 0 aliphatic carbocycles. The van der Waals surface area contributed by atoms with Crippen molar-refractivity contribution in [3.8, 4) is 0 Å². The molecule has 0 amide bonds. The van der Waals surface area contributed by atoms with E-state index in [1.807, 2.05) is 11.3 Å². The van der Waals surface area contributed by atoms with Crippen LogP contribution in [0.25, 0.3) is 0 Å². The average molecular weight is 255 g/mol. The zero-order valence-electron chi connectivity index (χ0n) is 10.4. The predicted octanol–water partition coefficient (Wildman–Crippen LogP) is 4.03. The lowest BCUT2D eigenvalue weighted by atomic mass is 9.88. The standard InChI is InChI=1S/C16H17NS/c1-2-5-12(6-3-1)14-11-17-9-4-7-15(17)13-8-10-18-16(13)14/h1-3,5-6,8,10,14-15H,4,7,9,11H2/t14-,15-/m0/s1. The van der Waals surface area contributed by atoms with E-state index in [4.69, 9.17) is 0 Å². The van der Waals surface area contributed by atoms with Gasteiger partial charge in [0.05, 0.1) is 0 Å². The van der Waals surface area contributed by atoms with Crippen LogP contribution >= 0.6 is 11.3 Å². The molecule has 1 saturated heterocycles. The molecule has 2 atom stereocenters. The molecule has 0 unspecified atom stereocenters. The van der Waals surface area contributed by atoms with E-state index in [-0.39, 0.29) is 0 Å². The number of benzene rings is 1. The lowest BCUT2D eigenvalue weighted by Crippen LogP contribution is -2.33. The number of hydrogen-bond acceptors (Lipinski definition) is 2. The van der Waals surface area contributed by atoms with Gasteiger partial charge >= 0.3 is 0 Å². The molecule has 0 bridgehead atoms. The summed E-state index contributed by atoms with van der Waals surface area (Å²) < 4.78 is 0. The zero-order valence-corrected chi connectivity index (χ0v) is 11.2. The molecule has 1 nitrogen and oxygen atoms in total. The third-order valence-electron chi connectivity index (χ3n) is 4.39. The topological polar surface area (TPSA) is 3.24 Å². The molecule has 0 radical (unpaired) electrons. The second-order valence-corrected chi connectivity index (χ2v) is 6.30. The lowest BCUT2D eigenvalue weighted by Gasteiger charge is -2.35. The number of thiophene rings is 1. The fourth-order valence-electron chi connectivity index (χ4n) is 3.55. The van der Waals surface area contributed by atoms with Crippen LogP contribution in [0.2, 0.25) is 0 Å². The summed E-state index contributed by atoms with van der Waals surface area (Å²) in [5, 5.41) is 2.28. The van der Waals surface area contributed by atoms with E-state index < -0.39 is 0 Å². The Morgan fingerprint density at radius 1 is 1.11 bits per heavy atom. The maximum atomic E-state index is 2.69. The maximum Gasteiger partial charge on any atom is 0.0360 e. The Bertz CT molecular complexity index is 545. The Morgan fingerprint density at radius 2 is 2.00 bits per heavy atom. The first kappa shape index (κ1) is 10.8. The van der Waals surface area contributed by atoms with E-state index in [0.717, 1.165) is 0 Å². The van der Waals surface area contributed by atoms with Crippen molar-refractivity contribution < 1.29 is 0 Å². The normalized spacial score (nSPS) is 26.9. The van der Waals surface area contributed by atoms with Gasteiger partial charge in [0.2, 0.25) is 0 Å². The van der Waals surface area contributed by atoms with Gasteiger partial charge in [-0.2, -0.15) is 0 Å². The van der Waals surface area contributed by atoms with E-state index in [2.05, 4.69) is 46.7 Å². The highest BCUT2D eigenvalue weighted by Gasteiger charge is 2.36. The van der Waals surface area contributed by atoms with Crippen LogP contribution in [0.5, 0.6) is 0 Å². The van der Waals surface area contributed by atoms with Gasteiger partial charge in [-0.3, -0.25) is 4.90 Å². The van der Waals surface area contributed by atoms with Crippen molar-refractivity contribution in [1.82, 2.24) is 4.90 Å². The summed E-state index contributed by atoms with van der Waals surface area (Å²) >= 11 is 1.95. The second kappa shape index (κ2) is 4.22. The minimum Gasteiger partial charge on any atom is -0.295 e. The molecule has 92 valence electrons. The molecule has 1 aromatic carbocycles. The summed E-state index contributed by atoms with van der Waals surface area (Å²) in [5.41, 5.74) is 3.09. The summed E-state index contributed by atoms with van der Waals surface area (Å²) in [4.78, 5) is 4.30. The quantitative estimate of drug-likeness (QED) is 0.743. The molecule has 2 aliphatic heterocycles. The van der Waals surface area contributed by atoms with Crippen LogP contribution in [0.1, 0.15) is 40.8 Å². The van der Waals surface area contributed by atoms with Crippen molar-refractivity contribution in [2.45, 2.75) is 24.8 Å². The highest BCUT2D eigenvalue weighted by molar-refractivity contribution is 7.10. The molecule has 2 aliphatic rings. The van der Waals surface area contributed by atoms with Gasteiger partial charge in [0.15, 0.2) is 0 Å². The number of nitrogens with zero attached hydrogens (tertiary/aromatic N) is 1. The number of fused-ring (bicyclic) bond motifs is 3. The van der Waals surface area contributed by atoms with Crippen LogP contribution in [0, 0.1) is 0 Å². The van der Waals surface area contributed by atoms with E-state index >= 15 is 0 Å². The van der Waals surface area contributed by atoms with Crippen molar-refractivity contribution >= 4 is 11.3 Å². The third kappa shape index (κ3) is 1.56. The van der Waals surface area contributed by atoms with E-state index in [1.165, 1.54) is 31.5 Å². The molecule has 2 heteroatoms. The molecule has 0 saturated carbocycles. The van der Waals surface area contributed by atoms with Gasteiger partial charge in [-0.05, 0) is 42.0 Å². The molecule has 4 rings (SSSR count). The highest BCUT2D eigenvalue weighted by Crippen LogP contribution is 2.46. The number of rotatable bonds is 1. The van der Waals surface area contributed by atoms with Gasteiger partial charge < -0.3 is 0 Å². The Morgan fingerprint density at radius 3 is 2.89 bits per heavy atom. The maximum absolute atomic E-state index is 2.69. The summed E-state index contributed by atoms with van der Waals surface area (Å²) in [6.45, 7) is 2.49. The van der Waals surface area contributed by atoms with Gasteiger partial charge in [0.25, 0.3) is 0 Å². The monoisotopic (exact) mass is 255 g/mol. The minimum atomic E-state index is 0.593. The van der Waals surface area contributed by atoms with Crippen molar-refractivity contribution in [2.24, 2.45) is 0 Å². The van der Waals surface area contributed by atoms with Crippen LogP contribution in [0.3, 0.4) is 0 Å². The van der Waals surface area contributed by atoms with Gasteiger partial charge in [-0.25, -0.2) is 0 Å². The van der Waals surface area contributed by atoms with Gasteiger partial charge in [0, 0.05) is 23.4 Å². The van der Waals surface area contributed by atoms with Crippen molar-refractivity contribution in [3.05, 3.63) is 57.8 Å². The van der Waals surface area contributed by atoms with Crippen molar-refractivity contribution in [1.29, 1.82) is 0 Å². The third-order valence-corrected chi connectivity index (χ3v) is 5.43. The largest absolute Gasteiger partial charge is 0.295 e. The molecule has 2 aromatic rings. The van der Waals surface area contributed by atoms with Crippen molar-refractivity contribution in [2.75, 3.05) is 13.1 Å². The molecular formula is C16H17NS. The SMILES string of the molecule is c1ccc([C@@H]2CN3CCC[C@H]3c3ccsc32)cc1. The smallest absolute Gasteiger partial charge is 0.0360 e. The van der Waals surface area contributed by atoms with Crippen LogP contribution in [-0.4, -0.2) is 18.0 Å². The van der Waals surface area contributed by atoms with E-state index in [9.17, 15) is 0 Å². The van der Waals surface area contributed by atoms with Crippen LogP contribution in [-0.2, 0) is 0 Å². The van der Waals surface area contributed by atoms with Crippen molar-refractivity contribution in [3.63, 3.8) is 0 Å². The first-order valence-corrected chi connectivity index (χ1v) is 7.68. The average Bonchev–Trinajstić information content (AvgIpc) is 3.06. The molecule has 0 spiro atoms. The van der Waals surface area contributed by atoms with Crippen LogP contribution in [0.15, 0.2) is 41.8 Å². The zero-order chi connectivity index (χ0) is 11.9. The highest BCUT2D eigenvalue weighted by atomic mass is 32.1. The Balaban J connectivity index is 1.80. The first-order chi connectivity index (χ1) is 8.93. The Hall–Kier alpha value is -1.12.